The van der Waals surface area contributed by atoms with Crippen LogP contribution in [0.25, 0.3) is 0 Å². The smallest absolute Gasteiger partial charge is 0.136 e. The van der Waals surface area contributed by atoms with Gasteiger partial charge >= 0.3 is 0 Å². The van der Waals surface area contributed by atoms with Crippen molar-refractivity contribution in [2.24, 2.45) is 23.7 Å². The minimum atomic E-state index is 0.435. The van der Waals surface area contributed by atoms with Crippen molar-refractivity contribution in [2.75, 3.05) is 0 Å². The average Bonchev–Trinajstić information content (AvgIpc) is 2.90. The second-order valence-electron chi connectivity index (χ2n) is 7.15. The number of hydrogen-bond donors (Lipinski definition) is 0. The fourth-order valence-electron chi connectivity index (χ4n) is 4.83. The van der Waals surface area contributed by atoms with Crippen LogP contribution in [0.3, 0.4) is 0 Å². The van der Waals surface area contributed by atoms with E-state index in [9.17, 15) is 4.79 Å². The lowest BCUT2D eigenvalue weighted by atomic mass is 9.80. The second kappa shape index (κ2) is 5.75. The molecule has 0 aliphatic heterocycles. The van der Waals surface area contributed by atoms with Crippen molar-refractivity contribution in [1.29, 1.82) is 0 Å². The summed E-state index contributed by atoms with van der Waals surface area (Å²) in [6.07, 6.45) is 15.7. The lowest BCUT2D eigenvalue weighted by Gasteiger charge is -2.24. The number of carbonyl (C=O) groups is 1. The largest absolute Gasteiger partial charge is 0.299 e. The molecule has 2 bridgehead atoms. The molecular formula is C17H28O. The number of hydrogen-bond acceptors (Lipinski definition) is 1. The van der Waals surface area contributed by atoms with Gasteiger partial charge in [-0.15, -0.1) is 0 Å². The topological polar surface area (TPSA) is 17.1 Å². The molecule has 3 rings (SSSR count). The Bertz CT molecular complexity index is 288. The number of ketones is 1. The normalized spacial score (nSPS) is 37.4. The highest BCUT2D eigenvalue weighted by molar-refractivity contribution is 5.81. The van der Waals surface area contributed by atoms with Crippen LogP contribution in [0.4, 0.5) is 0 Å². The van der Waals surface area contributed by atoms with E-state index in [1.165, 1.54) is 70.6 Å². The summed E-state index contributed by atoms with van der Waals surface area (Å²) in [6, 6.07) is 0. The molecule has 18 heavy (non-hydrogen) atoms. The van der Waals surface area contributed by atoms with Gasteiger partial charge in [0.1, 0.15) is 5.78 Å². The fraction of sp³-hybridized carbons (Fsp3) is 0.941. The Kier molecular flexibility index (Phi) is 4.06. The van der Waals surface area contributed by atoms with Crippen LogP contribution in [-0.2, 0) is 4.79 Å². The molecule has 0 spiro atoms. The van der Waals surface area contributed by atoms with E-state index >= 15 is 0 Å². The molecule has 0 saturated heterocycles. The van der Waals surface area contributed by atoms with Gasteiger partial charge in [0.2, 0.25) is 0 Å². The predicted octanol–water partition coefficient (Wildman–Crippen LogP) is 4.74. The molecule has 0 heterocycles. The van der Waals surface area contributed by atoms with Gasteiger partial charge in [-0.1, -0.05) is 38.5 Å². The van der Waals surface area contributed by atoms with Crippen LogP contribution in [0.2, 0.25) is 0 Å². The zero-order chi connectivity index (χ0) is 12.4. The molecule has 102 valence electrons. The van der Waals surface area contributed by atoms with Crippen LogP contribution < -0.4 is 0 Å². The lowest BCUT2D eigenvalue weighted by Crippen LogP contribution is -2.22. The minimum absolute atomic E-state index is 0.435. The van der Waals surface area contributed by atoms with Crippen LogP contribution in [0, 0.1) is 23.7 Å². The van der Waals surface area contributed by atoms with Gasteiger partial charge < -0.3 is 0 Å². The molecule has 3 atom stereocenters. The van der Waals surface area contributed by atoms with E-state index in [0.717, 1.165) is 24.2 Å². The summed E-state index contributed by atoms with van der Waals surface area (Å²) in [5.74, 6) is 3.76. The SMILES string of the molecule is O=C(CC1CC2CCC1C2)C1CCCCCCC1. The van der Waals surface area contributed by atoms with E-state index < -0.39 is 0 Å². The molecule has 3 saturated carbocycles. The van der Waals surface area contributed by atoms with Gasteiger partial charge in [0.15, 0.2) is 0 Å². The molecule has 3 unspecified atom stereocenters. The van der Waals surface area contributed by atoms with Gasteiger partial charge in [0, 0.05) is 12.3 Å². The van der Waals surface area contributed by atoms with Crippen LogP contribution in [0.5, 0.6) is 0 Å². The third-order valence-corrected chi connectivity index (χ3v) is 5.91. The standard InChI is InChI=1S/C17H28O/c18-17(14-6-4-2-1-3-5-7-14)12-16-11-13-8-9-15(16)10-13/h13-16H,1-12H2. The maximum Gasteiger partial charge on any atom is 0.136 e. The van der Waals surface area contributed by atoms with Gasteiger partial charge in [0.25, 0.3) is 0 Å². The first-order valence-electron chi connectivity index (χ1n) is 8.35. The highest BCUT2D eigenvalue weighted by atomic mass is 16.1. The molecule has 0 aromatic carbocycles. The average molecular weight is 248 g/mol. The third-order valence-electron chi connectivity index (χ3n) is 5.91. The summed E-state index contributed by atoms with van der Waals surface area (Å²) in [4.78, 5) is 12.5. The van der Waals surface area contributed by atoms with Crippen LogP contribution in [0.1, 0.15) is 77.0 Å². The van der Waals surface area contributed by atoms with Crippen molar-refractivity contribution in [2.45, 2.75) is 77.0 Å². The Morgan fingerprint density at radius 2 is 1.56 bits per heavy atom. The van der Waals surface area contributed by atoms with E-state index in [-0.39, 0.29) is 0 Å². The van der Waals surface area contributed by atoms with Gasteiger partial charge in [0.05, 0.1) is 0 Å². The Hall–Kier alpha value is -0.330. The molecule has 0 aromatic heterocycles. The van der Waals surface area contributed by atoms with Crippen molar-refractivity contribution in [3.63, 3.8) is 0 Å². The predicted molar refractivity (Wildman–Crippen MR) is 74.4 cm³/mol. The first-order valence-corrected chi connectivity index (χ1v) is 8.35. The summed E-state index contributed by atoms with van der Waals surface area (Å²) in [5, 5.41) is 0. The van der Waals surface area contributed by atoms with Crippen LogP contribution >= 0.6 is 0 Å². The molecule has 1 nitrogen and oxygen atoms in total. The van der Waals surface area contributed by atoms with Gasteiger partial charge in [-0.3, -0.25) is 4.79 Å². The van der Waals surface area contributed by atoms with Crippen LogP contribution in [-0.4, -0.2) is 5.78 Å². The molecule has 1 heteroatoms. The molecule has 3 fully saturated rings. The van der Waals surface area contributed by atoms with Crippen LogP contribution in [0.15, 0.2) is 0 Å². The fourth-order valence-corrected chi connectivity index (χ4v) is 4.83. The molecule has 3 aliphatic rings. The zero-order valence-electron chi connectivity index (χ0n) is 11.7. The maximum absolute atomic E-state index is 12.5. The second-order valence-corrected chi connectivity index (χ2v) is 7.15. The molecule has 0 amide bonds. The summed E-state index contributed by atoms with van der Waals surface area (Å²) in [6.45, 7) is 0. The van der Waals surface area contributed by atoms with E-state index in [0.29, 0.717) is 11.7 Å². The zero-order valence-corrected chi connectivity index (χ0v) is 11.7. The Morgan fingerprint density at radius 3 is 2.17 bits per heavy atom. The monoisotopic (exact) mass is 248 g/mol. The molecule has 0 N–H and O–H groups in total. The summed E-state index contributed by atoms with van der Waals surface area (Å²) >= 11 is 0. The van der Waals surface area contributed by atoms with E-state index in [1.54, 1.807) is 0 Å². The molecule has 0 aromatic rings. The highest BCUT2D eigenvalue weighted by Crippen LogP contribution is 2.50. The first-order chi connectivity index (χ1) is 8.83. The quantitative estimate of drug-likeness (QED) is 0.705. The minimum Gasteiger partial charge on any atom is -0.299 e. The molecule has 0 radical (unpaired) electrons. The van der Waals surface area contributed by atoms with Crippen molar-refractivity contribution >= 4 is 5.78 Å². The van der Waals surface area contributed by atoms with Gasteiger partial charge in [-0.25, -0.2) is 0 Å². The molecular weight excluding hydrogens is 220 g/mol. The first kappa shape index (κ1) is 12.7. The third kappa shape index (κ3) is 2.81. The molecule has 3 aliphatic carbocycles. The van der Waals surface area contributed by atoms with E-state index in [1.807, 2.05) is 0 Å². The van der Waals surface area contributed by atoms with Gasteiger partial charge in [-0.05, 0) is 49.9 Å². The Labute approximate surface area is 112 Å². The van der Waals surface area contributed by atoms with E-state index in [2.05, 4.69) is 0 Å². The van der Waals surface area contributed by atoms with Crippen molar-refractivity contribution < 1.29 is 4.79 Å². The number of carbonyl (C=O) groups excluding carboxylic acids is 1. The summed E-state index contributed by atoms with van der Waals surface area (Å²) < 4.78 is 0. The number of rotatable bonds is 3. The Morgan fingerprint density at radius 1 is 0.833 bits per heavy atom. The Balaban J connectivity index is 1.50. The highest BCUT2D eigenvalue weighted by Gasteiger charge is 2.40. The summed E-state index contributed by atoms with van der Waals surface area (Å²) in [7, 11) is 0. The maximum atomic E-state index is 12.5. The van der Waals surface area contributed by atoms with E-state index in [4.69, 9.17) is 0 Å². The lowest BCUT2D eigenvalue weighted by molar-refractivity contribution is -0.124. The summed E-state index contributed by atoms with van der Waals surface area (Å²) in [5.41, 5.74) is 0. The number of Topliss-reactive ketones (excluding diaryl/α,β-unsaturated/α-hetero) is 1. The van der Waals surface area contributed by atoms with Gasteiger partial charge in [-0.2, -0.15) is 0 Å². The van der Waals surface area contributed by atoms with Crippen molar-refractivity contribution in [3.05, 3.63) is 0 Å². The van der Waals surface area contributed by atoms with Crippen molar-refractivity contribution in [1.82, 2.24) is 0 Å². The van der Waals surface area contributed by atoms with Crippen molar-refractivity contribution in [3.8, 4) is 0 Å². The number of fused-ring (bicyclic) bond motifs is 2.